The van der Waals surface area contributed by atoms with Crippen molar-refractivity contribution in [3.63, 3.8) is 0 Å². The molecule has 96 valence electrons. The number of primary amides is 1. The molecule has 8 heteroatoms. The van der Waals surface area contributed by atoms with E-state index in [2.05, 4.69) is 25.3 Å². The zero-order valence-corrected chi connectivity index (χ0v) is 10.2. The molecule has 8 nitrogen and oxygen atoms in total. The predicted molar refractivity (Wildman–Crippen MR) is 67.6 cm³/mol. The quantitative estimate of drug-likeness (QED) is 0.602. The zero-order valence-electron chi connectivity index (χ0n) is 10.2. The van der Waals surface area contributed by atoms with E-state index in [1.165, 1.54) is 6.33 Å². The van der Waals surface area contributed by atoms with E-state index in [1.54, 1.807) is 6.92 Å². The molecule has 0 bridgehead atoms. The number of amides is 1. The molecule has 0 aliphatic rings. The topological polar surface area (TPSA) is 136 Å². The van der Waals surface area contributed by atoms with Crippen LogP contribution >= 0.6 is 0 Å². The van der Waals surface area contributed by atoms with E-state index in [0.717, 1.165) is 0 Å². The minimum Gasteiger partial charge on any atom is -0.368 e. The molecule has 0 aliphatic carbocycles. The number of nitrogen functional groups attached to an aromatic ring is 1. The van der Waals surface area contributed by atoms with Crippen molar-refractivity contribution >= 4 is 28.8 Å². The first-order chi connectivity index (χ1) is 8.46. The van der Waals surface area contributed by atoms with Crippen molar-refractivity contribution < 1.29 is 4.79 Å². The zero-order chi connectivity index (χ0) is 13.3. The maximum absolute atomic E-state index is 11.5. The lowest BCUT2D eigenvalue weighted by atomic mass is 9.98. The summed E-state index contributed by atoms with van der Waals surface area (Å²) in [7, 11) is 0. The Morgan fingerprint density at radius 2 is 2.28 bits per heavy atom. The second-order valence-corrected chi connectivity index (χ2v) is 4.21. The number of hydrogen-bond acceptors (Lipinski definition) is 6. The first kappa shape index (κ1) is 12.1. The number of carbonyl (C=O) groups excluding carboxylic acids is 1. The Morgan fingerprint density at radius 1 is 1.56 bits per heavy atom. The normalized spacial score (nSPS) is 14.3. The summed E-state index contributed by atoms with van der Waals surface area (Å²) in [5.74, 6) is 0.0352. The summed E-state index contributed by atoms with van der Waals surface area (Å²) in [6.45, 7) is 3.56. The van der Waals surface area contributed by atoms with Crippen molar-refractivity contribution in [1.82, 2.24) is 19.9 Å². The molecule has 1 amide bonds. The minimum absolute atomic E-state index is 0.0834. The Balaban J connectivity index is 2.48. The highest BCUT2D eigenvalue weighted by atomic mass is 16.1. The number of carbonyl (C=O) groups is 1. The van der Waals surface area contributed by atoms with Crippen LogP contribution in [0.25, 0.3) is 11.2 Å². The van der Waals surface area contributed by atoms with Gasteiger partial charge in [-0.3, -0.25) is 4.79 Å². The Morgan fingerprint density at radius 3 is 2.89 bits per heavy atom. The van der Waals surface area contributed by atoms with Gasteiger partial charge in [-0.2, -0.15) is 9.97 Å². The molecule has 18 heavy (non-hydrogen) atoms. The van der Waals surface area contributed by atoms with Gasteiger partial charge in [0.2, 0.25) is 11.9 Å². The molecule has 1 unspecified atom stereocenters. The predicted octanol–water partition coefficient (Wildman–Crippen LogP) is 0.00100. The summed E-state index contributed by atoms with van der Waals surface area (Å²) < 4.78 is 0. The van der Waals surface area contributed by atoms with Crippen molar-refractivity contribution in [2.24, 2.45) is 5.73 Å². The summed E-state index contributed by atoms with van der Waals surface area (Å²) in [5.41, 5.74) is 11.1. The molecule has 0 saturated heterocycles. The Hall–Kier alpha value is -2.38. The van der Waals surface area contributed by atoms with Crippen molar-refractivity contribution in [2.75, 3.05) is 11.1 Å². The summed E-state index contributed by atoms with van der Waals surface area (Å²) in [6, 6.07) is 0. The van der Waals surface area contributed by atoms with E-state index < -0.39 is 11.4 Å². The summed E-state index contributed by atoms with van der Waals surface area (Å²) in [5, 5.41) is 3.00. The lowest BCUT2D eigenvalue weighted by Gasteiger charge is -2.26. The van der Waals surface area contributed by atoms with E-state index in [9.17, 15) is 4.79 Å². The maximum atomic E-state index is 11.5. The van der Waals surface area contributed by atoms with Crippen LogP contribution in [0.3, 0.4) is 0 Å². The molecule has 2 aromatic heterocycles. The third-order valence-electron chi connectivity index (χ3n) is 2.95. The maximum Gasteiger partial charge on any atom is 0.242 e. The third-order valence-corrected chi connectivity index (χ3v) is 2.95. The van der Waals surface area contributed by atoms with Crippen LogP contribution in [0, 0.1) is 0 Å². The second kappa shape index (κ2) is 4.13. The van der Waals surface area contributed by atoms with Crippen LogP contribution in [0.5, 0.6) is 0 Å². The van der Waals surface area contributed by atoms with Crippen LogP contribution in [-0.4, -0.2) is 31.4 Å². The number of anilines is 2. The Bertz CT molecular complexity index is 593. The molecular weight excluding hydrogens is 234 g/mol. The Labute approximate surface area is 103 Å². The number of nitrogens with two attached hydrogens (primary N) is 2. The van der Waals surface area contributed by atoms with E-state index in [1.807, 2.05) is 6.92 Å². The first-order valence-electron chi connectivity index (χ1n) is 5.51. The lowest BCUT2D eigenvalue weighted by Crippen LogP contribution is -2.47. The van der Waals surface area contributed by atoms with E-state index >= 15 is 0 Å². The number of nitrogens with one attached hydrogen (secondary N) is 2. The summed E-state index contributed by atoms with van der Waals surface area (Å²) in [4.78, 5) is 26.4. The molecule has 0 fully saturated rings. The molecule has 0 aliphatic heterocycles. The fraction of sp³-hybridized carbons (Fsp3) is 0.400. The molecule has 0 saturated carbocycles. The fourth-order valence-corrected chi connectivity index (χ4v) is 1.53. The van der Waals surface area contributed by atoms with Crippen LogP contribution in [0.2, 0.25) is 0 Å². The number of rotatable bonds is 4. The standard InChI is InChI=1S/C10H15N7O/c1-3-10(2,8(11)18)17-7-5-6(14-4-13-5)15-9(12)16-7/h4H,3H2,1-2H3,(H2,11,18)(H4,12,13,14,15,16,17). The number of hydrogen-bond donors (Lipinski definition) is 4. The molecule has 1 atom stereocenters. The van der Waals surface area contributed by atoms with Gasteiger partial charge in [-0.15, -0.1) is 0 Å². The first-order valence-corrected chi connectivity index (χ1v) is 5.51. The van der Waals surface area contributed by atoms with Crippen LogP contribution in [-0.2, 0) is 4.79 Å². The highest BCUT2D eigenvalue weighted by molar-refractivity contribution is 5.91. The largest absolute Gasteiger partial charge is 0.368 e. The average molecular weight is 249 g/mol. The van der Waals surface area contributed by atoms with Gasteiger partial charge in [0.15, 0.2) is 11.5 Å². The number of aromatic nitrogens is 4. The SMILES string of the molecule is CCC(C)(Nc1nc(N)nc2nc[nH]c12)C(N)=O. The molecule has 2 rings (SSSR count). The molecule has 6 N–H and O–H groups in total. The number of fused-ring (bicyclic) bond motifs is 1. The van der Waals surface area contributed by atoms with Crippen molar-refractivity contribution in [2.45, 2.75) is 25.8 Å². The second-order valence-electron chi connectivity index (χ2n) is 4.21. The van der Waals surface area contributed by atoms with Crippen LogP contribution in [0.4, 0.5) is 11.8 Å². The molecule has 0 spiro atoms. The van der Waals surface area contributed by atoms with Gasteiger partial charge in [0.05, 0.1) is 6.33 Å². The van der Waals surface area contributed by atoms with E-state index in [4.69, 9.17) is 11.5 Å². The molecular formula is C10H15N7O. The van der Waals surface area contributed by atoms with Gasteiger partial charge in [-0.1, -0.05) is 6.92 Å². The van der Waals surface area contributed by atoms with Gasteiger partial charge < -0.3 is 21.8 Å². The third kappa shape index (κ3) is 1.92. The van der Waals surface area contributed by atoms with Gasteiger partial charge in [0.1, 0.15) is 11.1 Å². The number of H-pyrrole nitrogens is 1. The van der Waals surface area contributed by atoms with Crippen LogP contribution in [0.1, 0.15) is 20.3 Å². The van der Waals surface area contributed by atoms with Gasteiger partial charge in [-0.25, -0.2) is 4.98 Å². The van der Waals surface area contributed by atoms with Gasteiger partial charge in [0.25, 0.3) is 0 Å². The van der Waals surface area contributed by atoms with E-state index in [-0.39, 0.29) is 5.95 Å². The molecule has 2 heterocycles. The fourth-order valence-electron chi connectivity index (χ4n) is 1.53. The Kier molecular flexibility index (Phi) is 2.77. The summed E-state index contributed by atoms with van der Waals surface area (Å²) >= 11 is 0. The number of aromatic amines is 1. The number of imidazole rings is 1. The van der Waals surface area contributed by atoms with Gasteiger partial charge in [0, 0.05) is 0 Å². The lowest BCUT2D eigenvalue weighted by molar-refractivity contribution is -0.121. The monoisotopic (exact) mass is 249 g/mol. The van der Waals surface area contributed by atoms with Crippen LogP contribution < -0.4 is 16.8 Å². The van der Waals surface area contributed by atoms with Gasteiger partial charge in [-0.05, 0) is 13.3 Å². The average Bonchev–Trinajstić information content (AvgIpc) is 2.76. The van der Waals surface area contributed by atoms with Crippen LogP contribution in [0.15, 0.2) is 6.33 Å². The van der Waals surface area contributed by atoms with Crippen molar-refractivity contribution in [3.05, 3.63) is 6.33 Å². The van der Waals surface area contributed by atoms with E-state index in [0.29, 0.717) is 23.4 Å². The molecule has 0 radical (unpaired) electrons. The smallest absolute Gasteiger partial charge is 0.242 e. The highest BCUT2D eigenvalue weighted by Gasteiger charge is 2.30. The number of nitrogens with zero attached hydrogens (tertiary/aromatic N) is 3. The minimum atomic E-state index is -0.904. The van der Waals surface area contributed by atoms with Gasteiger partial charge >= 0.3 is 0 Å². The molecule has 0 aromatic carbocycles. The van der Waals surface area contributed by atoms with Crippen molar-refractivity contribution in [3.8, 4) is 0 Å². The highest BCUT2D eigenvalue weighted by Crippen LogP contribution is 2.22. The molecule has 2 aromatic rings. The van der Waals surface area contributed by atoms with Crippen molar-refractivity contribution in [1.29, 1.82) is 0 Å². The summed E-state index contributed by atoms with van der Waals surface area (Å²) in [6.07, 6.45) is 2.00.